The molecule has 0 spiro atoms. The van der Waals surface area contributed by atoms with Crippen LogP contribution in [-0.2, 0) is 0 Å². The van der Waals surface area contributed by atoms with Crippen LogP contribution in [0.2, 0.25) is 0 Å². The van der Waals surface area contributed by atoms with E-state index in [2.05, 4.69) is 20.8 Å². The van der Waals surface area contributed by atoms with Gasteiger partial charge in [0.2, 0.25) is 0 Å². The average Bonchev–Trinajstić information content (AvgIpc) is 2.79. The second-order valence-corrected chi connectivity index (χ2v) is 8.12. The van der Waals surface area contributed by atoms with Crippen LogP contribution in [0.5, 0.6) is 0 Å². The summed E-state index contributed by atoms with van der Waals surface area (Å²) in [6.45, 7) is 7.40. The van der Waals surface area contributed by atoms with E-state index in [1.165, 1.54) is 57.8 Å². The van der Waals surface area contributed by atoms with Gasteiger partial charge in [0.05, 0.1) is 0 Å². The second kappa shape index (κ2) is 7.38. The zero-order valence-electron chi connectivity index (χ0n) is 13.3. The van der Waals surface area contributed by atoms with Crippen molar-refractivity contribution in [2.75, 3.05) is 0 Å². The van der Waals surface area contributed by atoms with Gasteiger partial charge in [0.25, 0.3) is 0 Å². The van der Waals surface area contributed by atoms with Gasteiger partial charge in [-0.3, -0.25) is 0 Å². The van der Waals surface area contributed by atoms with E-state index in [-0.39, 0.29) is 0 Å². The lowest BCUT2D eigenvalue weighted by Crippen LogP contribution is -2.31. The van der Waals surface area contributed by atoms with Crippen LogP contribution in [0, 0.1) is 29.6 Å². The van der Waals surface area contributed by atoms with Crippen molar-refractivity contribution in [1.29, 1.82) is 0 Å². The Morgan fingerprint density at radius 1 is 1.00 bits per heavy atom. The Kier molecular flexibility index (Phi) is 6.11. The maximum absolute atomic E-state index is 5.05. The molecule has 0 amide bonds. The Labute approximate surface area is 126 Å². The number of rotatable bonds is 3. The van der Waals surface area contributed by atoms with Crippen molar-refractivity contribution >= 4 is 12.6 Å². The average molecular weight is 283 g/mol. The van der Waals surface area contributed by atoms with Crippen LogP contribution in [0.15, 0.2) is 0 Å². The fourth-order valence-corrected chi connectivity index (χ4v) is 5.62. The molecule has 0 aromatic heterocycles. The predicted octanol–water partition coefficient (Wildman–Crippen LogP) is 5.96. The number of hydrogen-bond donors (Lipinski definition) is 1. The minimum absolute atomic E-state index is 0.660. The van der Waals surface area contributed by atoms with Crippen LogP contribution in [0.3, 0.4) is 0 Å². The molecule has 2 fully saturated rings. The summed E-state index contributed by atoms with van der Waals surface area (Å²) in [5, 5.41) is 0.660. The summed E-state index contributed by atoms with van der Waals surface area (Å²) in [6.07, 6.45) is 13.0. The van der Waals surface area contributed by atoms with E-state index >= 15 is 0 Å². The largest absolute Gasteiger partial charge is 0.176 e. The highest BCUT2D eigenvalue weighted by molar-refractivity contribution is 7.81. The van der Waals surface area contributed by atoms with Crippen molar-refractivity contribution in [2.45, 2.75) is 83.8 Å². The van der Waals surface area contributed by atoms with Crippen LogP contribution in [0.4, 0.5) is 0 Å². The molecule has 0 nitrogen and oxygen atoms in total. The van der Waals surface area contributed by atoms with Crippen LogP contribution in [0.1, 0.15) is 78.6 Å². The molecule has 6 atom stereocenters. The van der Waals surface area contributed by atoms with Gasteiger partial charge >= 0.3 is 0 Å². The third-order valence-electron chi connectivity index (χ3n) is 6.32. The molecule has 2 aliphatic carbocycles. The van der Waals surface area contributed by atoms with E-state index in [1.54, 1.807) is 0 Å². The fraction of sp³-hybridized carbons (Fsp3) is 1.00. The normalized spacial score (nSPS) is 42.6. The highest BCUT2D eigenvalue weighted by Crippen LogP contribution is 2.44. The highest BCUT2D eigenvalue weighted by atomic mass is 32.1. The third kappa shape index (κ3) is 3.93. The number of thiol groups is 1. The lowest BCUT2D eigenvalue weighted by molar-refractivity contribution is 0.173. The van der Waals surface area contributed by atoms with Gasteiger partial charge in [0.15, 0.2) is 0 Å². The zero-order valence-corrected chi connectivity index (χ0v) is 14.2. The molecular formula is C18H34S. The molecule has 0 N–H and O–H groups in total. The maximum atomic E-state index is 5.05. The lowest BCUT2D eigenvalue weighted by Gasteiger charge is -2.37. The first-order valence-electron chi connectivity index (χ1n) is 8.81. The van der Waals surface area contributed by atoms with E-state index in [9.17, 15) is 0 Å². The van der Waals surface area contributed by atoms with Crippen molar-refractivity contribution < 1.29 is 0 Å². The summed E-state index contributed by atoms with van der Waals surface area (Å²) in [6, 6.07) is 0. The van der Waals surface area contributed by atoms with Gasteiger partial charge < -0.3 is 0 Å². The summed E-state index contributed by atoms with van der Waals surface area (Å²) in [5.74, 6) is 4.67. The second-order valence-electron chi connectivity index (χ2n) is 7.46. The molecule has 0 heterocycles. The predicted molar refractivity (Wildman–Crippen MR) is 88.8 cm³/mol. The molecule has 2 rings (SSSR count). The van der Waals surface area contributed by atoms with Crippen LogP contribution in [0.25, 0.3) is 0 Å². The molecule has 0 aromatic carbocycles. The molecule has 2 saturated carbocycles. The standard InChI is InChI=1S/C18H34S/c1-4-15-9-5-6-10-17(18(19)12-15)14(3)16-11-7-8-13(16)2/h13-19H,4-12H2,1-3H3. The quantitative estimate of drug-likeness (QED) is 0.606. The van der Waals surface area contributed by atoms with Crippen molar-refractivity contribution in [3.8, 4) is 0 Å². The van der Waals surface area contributed by atoms with E-state index in [0.717, 1.165) is 29.6 Å². The minimum atomic E-state index is 0.660. The highest BCUT2D eigenvalue weighted by Gasteiger charge is 2.36. The first-order chi connectivity index (χ1) is 9.13. The summed E-state index contributed by atoms with van der Waals surface area (Å²) < 4.78 is 0. The smallest absolute Gasteiger partial charge is 0.00503 e. The Balaban J connectivity index is 1.99. The van der Waals surface area contributed by atoms with E-state index in [1.807, 2.05) is 0 Å². The van der Waals surface area contributed by atoms with Gasteiger partial charge in [-0.25, -0.2) is 0 Å². The fourth-order valence-electron chi connectivity index (χ4n) is 4.90. The molecule has 0 saturated heterocycles. The van der Waals surface area contributed by atoms with Gasteiger partial charge in [-0.05, 0) is 48.9 Å². The summed E-state index contributed by atoms with van der Waals surface area (Å²) >= 11 is 5.05. The summed E-state index contributed by atoms with van der Waals surface area (Å²) in [5.41, 5.74) is 0. The molecular weight excluding hydrogens is 248 g/mol. The molecule has 19 heavy (non-hydrogen) atoms. The van der Waals surface area contributed by atoms with Gasteiger partial charge in [0, 0.05) is 5.25 Å². The lowest BCUT2D eigenvalue weighted by atomic mass is 9.72. The summed E-state index contributed by atoms with van der Waals surface area (Å²) in [7, 11) is 0. The van der Waals surface area contributed by atoms with Crippen LogP contribution >= 0.6 is 12.6 Å². The van der Waals surface area contributed by atoms with Crippen LogP contribution < -0.4 is 0 Å². The Morgan fingerprint density at radius 2 is 1.68 bits per heavy atom. The van der Waals surface area contributed by atoms with E-state index < -0.39 is 0 Å². The Morgan fingerprint density at radius 3 is 2.32 bits per heavy atom. The first kappa shape index (κ1) is 15.7. The Bertz CT molecular complexity index is 262. The van der Waals surface area contributed by atoms with Crippen molar-refractivity contribution in [3.05, 3.63) is 0 Å². The van der Waals surface area contributed by atoms with Gasteiger partial charge in [-0.2, -0.15) is 12.6 Å². The van der Waals surface area contributed by atoms with E-state index in [0.29, 0.717) is 5.25 Å². The molecule has 0 aromatic rings. The van der Waals surface area contributed by atoms with Crippen molar-refractivity contribution in [2.24, 2.45) is 29.6 Å². The number of hydrogen-bond acceptors (Lipinski definition) is 1. The first-order valence-corrected chi connectivity index (χ1v) is 9.33. The molecule has 2 aliphatic rings. The molecule has 112 valence electrons. The molecule has 0 aliphatic heterocycles. The van der Waals surface area contributed by atoms with Gasteiger partial charge in [-0.1, -0.05) is 59.3 Å². The van der Waals surface area contributed by atoms with Crippen molar-refractivity contribution in [3.63, 3.8) is 0 Å². The Hall–Kier alpha value is 0.350. The van der Waals surface area contributed by atoms with Gasteiger partial charge in [-0.15, -0.1) is 0 Å². The molecule has 0 radical (unpaired) electrons. The molecule has 0 bridgehead atoms. The molecule has 1 heteroatoms. The van der Waals surface area contributed by atoms with E-state index in [4.69, 9.17) is 12.6 Å². The SMILES string of the molecule is CCC1CCCCC(C(C)C2CCCC2C)C(S)C1. The maximum Gasteiger partial charge on any atom is 0.00503 e. The topological polar surface area (TPSA) is 0 Å². The van der Waals surface area contributed by atoms with Crippen molar-refractivity contribution in [1.82, 2.24) is 0 Å². The zero-order chi connectivity index (χ0) is 13.8. The van der Waals surface area contributed by atoms with Crippen LogP contribution in [-0.4, -0.2) is 5.25 Å². The minimum Gasteiger partial charge on any atom is -0.176 e. The molecule has 6 unspecified atom stereocenters. The summed E-state index contributed by atoms with van der Waals surface area (Å²) in [4.78, 5) is 0. The monoisotopic (exact) mass is 282 g/mol. The van der Waals surface area contributed by atoms with Gasteiger partial charge in [0.1, 0.15) is 0 Å². The third-order valence-corrected chi connectivity index (χ3v) is 6.92.